The van der Waals surface area contributed by atoms with E-state index in [1.54, 1.807) is 14.2 Å². The van der Waals surface area contributed by atoms with Crippen LogP contribution < -0.4 is 20.5 Å². The second-order valence-electron chi connectivity index (χ2n) is 7.61. The smallest absolute Gasteiger partial charge is 0.232 e. The van der Waals surface area contributed by atoms with Crippen molar-refractivity contribution in [2.45, 2.75) is 32.4 Å². The van der Waals surface area contributed by atoms with Crippen molar-refractivity contribution in [3.8, 4) is 11.5 Å². The second kappa shape index (κ2) is 9.18. The Balaban J connectivity index is 1.56. The highest BCUT2D eigenvalue weighted by Gasteiger charge is 2.29. The molecule has 1 fully saturated rings. The molecule has 0 saturated carbocycles. The number of likely N-dealkylation sites (tertiary alicyclic amines) is 1. The lowest BCUT2D eigenvalue weighted by atomic mass is 10.0. The van der Waals surface area contributed by atoms with E-state index in [4.69, 9.17) is 15.2 Å². The maximum Gasteiger partial charge on any atom is 0.232 e. The van der Waals surface area contributed by atoms with Crippen molar-refractivity contribution in [3.63, 3.8) is 0 Å². The number of methoxy groups -OCH3 is 2. The van der Waals surface area contributed by atoms with E-state index < -0.39 is 0 Å². The normalized spacial score (nSPS) is 16.3. The predicted octanol–water partition coefficient (Wildman–Crippen LogP) is 3.86. The van der Waals surface area contributed by atoms with Gasteiger partial charge in [0.05, 0.1) is 20.8 Å². The minimum Gasteiger partial charge on any atom is -0.497 e. The van der Waals surface area contributed by atoms with E-state index in [1.807, 2.05) is 43.3 Å². The number of hydrogen-bond donors (Lipinski definition) is 2. The molecule has 0 bridgehead atoms. The van der Waals surface area contributed by atoms with Gasteiger partial charge in [-0.3, -0.25) is 4.90 Å². The summed E-state index contributed by atoms with van der Waals surface area (Å²) in [6.07, 6.45) is 2.13. The van der Waals surface area contributed by atoms with Crippen molar-refractivity contribution in [3.05, 3.63) is 59.4 Å². The van der Waals surface area contributed by atoms with Crippen LogP contribution in [0.5, 0.6) is 11.5 Å². The monoisotopic (exact) mass is 420 g/mol. The van der Waals surface area contributed by atoms with Crippen LogP contribution in [-0.4, -0.2) is 40.6 Å². The minimum absolute atomic E-state index is 0.207. The van der Waals surface area contributed by atoms with Gasteiger partial charge >= 0.3 is 0 Å². The van der Waals surface area contributed by atoms with Crippen LogP contribution in [0.25, 0.3) is 0 Å². The average Bonchev–Trinajstić information content (AvgIpc) is 3.22. The number of nitrogens with zero attached hydrogens (tertiary/aromatic N) is 4. The van der Waals surface area contributed by atoms with E-state index >= 15 is 0 Å². The molecule has 0 spiro atoms. The van der Waals surface area contributed by atoms with Crippen molar-refractivity contribution in [1.29, 1.82) is 0 Å². The first-order valence-corrected chi connectivity index (χ1v) is 10.4. The molecule has 3 aromatic rings. The van der Waals surface area contributed by atoms with Gasteiger partial charge in [0.25, 0.3) is 0 Å². The summed E-state index contributed by atoms with van der Waals surface area (Å²) in [6.45, 7) is 3.56. The topological polar surface area (TPSA) is 98.4 Å². The largest absolute Gasteiger partial charge is 0.497 e. The van der Waals surface area contributed by atoms with Crippen LogP contribution in [0.3, 0.4) is 0 Å². The molecule has 2 aromatic carbocycles. The molecule has 8 nitrogen and oxygen atoms in total. The Bertz CT molecular complexity index is 1060. The fraction of sp³-hybridized carbons (Fsp3) is 0.348. The van der Waals surface area contributed by atoms with Gasteiger partial charge in [-0.2, -0.15) is 15.0 Å². The standard InChI is InChI=1S/C23H28N6O2/c1-15-7-4-5-8-18(15)25-23-27-21(26-22(24)28-23)14-29-12-6-9-19(29)17-11-10-16(30-2)13-20(17)31-3/h4-5,7-8,10-11,13,19H,6,9,12,14H2,1-3H3,(H3,24,25,26,27,28). The van der Waals surface area contributed by atoms with E-state index in [-0.39, 0.29) is 12.0 Å². The molecular weight excluding hydrogens is 392 g/mol. The van der Waals surface area contributed by atoms with E-state index in [0.29, 0.717) is 18.3 Å². The number of anilines is 3. The first kappa shape index (κ1) is 20.9. The third-order valence-electron chi connectivity index (χ3n) is 5.60. The number of nitrogens with one attached hydrogen (secondary N) is 1. The van der Waals surface area contributed by atoms with Gasteiger partial charge in [-0.1, -0.05) is 24.3 Å². The van der Waals surface area contributed by atoms with Crippen LogP contribution in [0.1, 0.15) is 35.8 Å². The van der Waals surface area contributed by atoms with Crippen LogP contribution in [0.15, 0.2) is 42.5 Å². The SMILES string of the molecule is COc1ccc(C2CCCN2Cc2nc(N)nc(Nc3ccccc3C)n2)c(OC)c1. The zero-order valence-corrected chi connectivity index (χ0v) is 18.1. The van der Waals surface area contributed by atoms with Crippen molar-refractivity contribution < 1.29 is 9.47 Å². The van der Waals surface area contributed by atoms with Crippen molar-refractivity contribution in [2.24, 2.45) is 0 Å². The molecule has 162 valence electrons. The summed E-state index contributed by atoms with van der Waals surface area (Å²) in [7, 11) is 3.35. The number of nitrogen functional groups attached to an aromatic ring is 1. The Hall–Kier alpha value is -3.39. The van der Waals surface area contributed by atoms with Gasteiger partial charge in [-0.25, -0.2) is 0 Å². The fourth-order valence-corrected chi connectivity index (χ4v) is 4.04. The van der Waals surface area contributed by atoms with E-state index in [9.17, 15) is 0 Å². The van der Waals surface area contributed by atoms with E-state index in [0.717, 1.165) is 47.7 Å². The molecule has 31 heavy (non-hydrogen) atoms. The Labute approximate surface area is 182 Å². The van der Waals surface area contributed by atoms with Gasteiger partial charge < -0.3 is 20.5 Å². The minimum atomic E-state index is 0.207. The highest BCUT2D eigenvalue weighted by molar-refractivity contribution is 5.58. The van der Waals surface area contributed by atoms with Gasteiger partial charge in [0, 0.05) is 23.4 Å². The van der Waals surface area contributed by atoms with E-state index in [1.165, 1.54) is 0 Å². The van der Waals surface area contributed by atoms with Crippen LogP contribution in [0, 0.1) is 6.92 Å². The third-order valence-corrected chi connectivity index (χ3v) is 5.60. The molecule has 1 saturated heterocycles. The van der Waals surface area contributed by atoms with Crippen LogP contribution in [-0.2, 0) is 6.54 Å². The summed E-state index contributed by atoms with van der Waals surface area (Å²) in [6, 6.07) is 14.2. The molecule has 0 aliphatic carbocycles. The molecule has 1 unspecified atom stereocenters. The lowest BCUT2D eigenvalue weighted by Crippen LogP contribution is -2.25. The van der Waals surface area contributed by atoms with Crippen LogP contribution in [0.2, 0.25) is 0 Å². The molecule has 2 heterocycles. The zero-order valence-electron chi connectivity index (χ0n) is 18.1. The molecule has 1 aliphatic heterocycles. The molecule has 0 radical (unpaired) electrons. The van der Waals surface area contributed by atoms with Crippen LogP contribution >= 0.6 is 0 Å². The summed E-state index contributed by atoms with van der Waals surface area (Å²) in [5.74, 6) is 2.91. The molecule has 1 aromatic heterocycles. The number of para-hydroxylation sites is 1. The molecular formula is C23H28N6O2. The van der Waals surface area contributed by atoms with Gasteiger partial charge in [0.15, 0.2) is 0 Å². The molecule has 1 aliphatic rings. The lowest BCUT2D eigenvalue weighted by molar-refractivity contribution is 0.237. The molecule has 1 atom stereocenters. The number of aromatic nitrogens is 3. The third kappa shape index (κ3) is 4.69. The Morgan fingerprint density at radius 3 is 2.71 bits per heavy atom. The molecule has 3 N–H and O–H groups in total. The maximum atomic E-state index is 5.99. The fourth-order valence-electron chi connectivity index (χ4n) is 4.04. The molecule has 4 rings (SSSR count). The Morgan fingerprint density at radius 2 is 1.94 bits per heavy atom. The number of rotatable bonds is 7. The van der Waals surface area contributed by atoms with Crippen molar-refractivity contribution in [2.75, 3.05) is 31.8 Å². The first-order chi connectivity index (χ1) is 15.1. The highest BCUT2D eigenvalue weighted by Crippen LogP contribution is 2.39. The Morgan fingerprint density at radius 1 is 1.10 bits per heavy atom. The maximum absolute atomic E-state index is 5.99. The average molecular weight is 421 g/mol. The van der Waals surface area contributed by atoms with Crippen molar-refractivity contribution >= 4 is 17.6 Å². The predicted molar refractivity (Wildman–Crippen MR) is 121 cm³/mol. The summed E-state index contributed by atoms with van der Waals surface area (Å²) >= 11 is 0. The summed E-state index contributed by atoms with van der Waals surface area (Å²) in [5, 5.41) is 3.26. The quantitative estimate of drug-likeness (QED) is 0.595. The lowest BCUT2D eigenvalue weighted by Gasteiger charge is -2.26. The zero-order chi connectivity index (χ0) is 21.8. The summed E-state index contributed by atoms with van der Waals surface area (Å²) in [4.78, 5) is 15.6. The molecule has 0 amide bonds. The Kier molecular flexibility index (Phi) is 6.18. The number of ether oxygens (including phenoxy) is 2. The number of hydrogen-bond acceptors (Lipinski definition) is 8. The number of nitrogens with two attached hydrogens (primary N) is 1. The molecule has 8 heteroatoms. The van der Waals surface area contributed by atoms with E-state index in [2.05, 4.69) is 31.2 Å². The first-order valence-electron chi connectivity index (χ1n) is 10.4. The van der Waals surface area contributed by atoms with Gasteiger partial charge in [-0.05, 0) is 44.0 Å². The highest BCUT2D eigenvalue weighted by atomic mass is 16.5. The van der Waals surface area contributed by atoms with Gasteiger partial charge in [-0.15, -0.1) is 0 Å². The van der Waals surface area contributed by atoms with Gasteiger partial charge in [0.1, 0.15) is 17.3 Å². The summed E-state index contributed by atoms with van der Waals surface area (Å²) in [5.41, 5.74) is 9.19. The van der Waals surface area contributed by atoms with Crippen molar-refractivity contribution in [1.82, 2.24) is 19.9 Å². The second-order valence-corrected chi connectivity index (χ2v) is 7.61. The number of benzene rings is 2. The van der Waals surface area contributed by atoms with Crippen LogP contribution in [0.4, 0.5) is 17.6 Å². The summed E-state index contributed by atoms with van der Waals surface area (Å²) < 4.78 is 11.0. The number of aryl methyl sites for hydroxylation is 1. The van der Waals surface area contributed by atoms with Gasteiger partial charge in [0.2, 0.25) is 11.9 Å².